The number of hydrogen-bond donors (Lipinski definition) is 1. The SMILES string of the molecule is Cc1ccc(C(=O)CN2CCCC(N)C2)cc1C. The Morgan fingerprint density at radius 2 is 2.17 bits per heavy atom. The fourth-order valence-electron chi connectivity index (χ4n) is 2.44. The zero-order valence-corrected chi connectivity index (χ0v) is 11.3. The number of aryl methyl sites for hydroxylation is 2. The lowest BCUT2D eigenvalue weighted by Crippen LogP contribution is -2.44. The zero-order chi connectivity index (χ0) is 13.1. The standard InChI is InChI=1S/C15H22N2O/c1-11-5-6-13(8-12(11)2)15(18)10-17-7-3-4-14(16)9-17/h5-6,8,14H,3-4,7,9-10,16H2,1-2H3. The van der Waals surface area contributed by atoms with Gasteiger partial charge in [-0.2, -0.15) is 0 Å². The van der Waals surface area contributed by atoms with Crippen LogP contribution in [0.2, 0.25) is 0 Å². The summed E-state index contributed by atoms with van der Waals surface area (Å²) in [5.41, 5.74) is 9.15. The average molecular weight is 246 g/mol. The predicted molar refractivity (Wildman–Crippen MR) is 73.9 cm³/mol. The first-order valence-corrected chi connectivity index (χ1v) is 6.64. The number of Topliss-reactive ketones (excluding diaryl/α,β-unsaturated/α-hetero) is 1. The lowest BCUT2D eigenvalue weighted by molar-refractivity contribution is 0.0908. The molecule has 1 aliphatic heterocycles. The third-order valence-electron chi connectivity index (χ3n) is 3.74. The molecule has 0 radical (unpaired) electrons. The van der Waals surface area contributed by atoms with Crippen molar-refractivity contribution in [2.75, 3.05) is 19.6 Å². The minimum atomic E-state index is 0.201. The van der Waals surface area contributed by atoms with Crippen molar-refractivity contribution in [2.24, 2.45) is 5.73 Å². The van der Waals surface area contributed by atoms with Gasteiger partial charge in [0.25, 0.3) is 0 Å². The van der Waals surface area contributed by atoms with Crippen molar-refractivity contribution >= 4 is 5.78 Å². The highest BCUT2D eigenvalue weighted by atomic mass is 16.1. The maximum absolute atomic E-state index is 12.2. The van der Waals surface area contributed by atoms with Gasteiger partial charge in [0.2, 0.25) is 0 Å². The highest BCUT2D eigenvalue weighted by Crippen LogP contribution is 2.13. The van der Waals surface area contributed by atoms with Gasteiger partial charge in [-0.3, -0.25) is 9.69 Å². The van der Waals surface area contributed by atoms with Gasteiger partial charge in [0, 0.05) is 18.2 Å². The molecule has 0 saturated carbocycles. The summed E-state index contributed by atoms with van der Waals surface area (Å²) in [7, 11) is 0. The Labute approximate surface area is 109 Å². The number of nitrogens with two attached hydrogens (primary N) is 1. The molecule has 2 rings (SSSR count). The van der Waals surface area contributed by atoms with E-state index in [2.05, 4.69) is 11.8 Å². The Hall–Kier alpha value is -1.19. The monoisotopic (exact) mass is 246 g/mol. The Balaban J connectivity index is 2.00. The molecular weight excluding hydrogens is 224 g/mol. The number of ketones is 1. The Morgan fingerprint density at radius 3 is 2.83 bits per heavy atom. The molecule has 1 aliphatic rings. The van der Waals surface area contributed by atoms with Crippen LogP contribution < -0.4 is 5.73 Å². The van der Waals surface area contributed by atoms with Crippen molar-refractivity contribution in [1.29, 1.82) is 0 Å². The largest absolute Gasteiger partial charge is 0.327 e. The molecule has 0 amide bonds. The molecule has 1 heterocycles. The molecule has 98 valence electrons. The molecule has 0 bridgehead atoms. The van der Waals surface area contributed by atoms with Gasteiger partial charge in [0.05, 0.1) is 6.54 Å². The molecule has 3 nitrogen and oxygen atoms in total. The summed E-state index contributed by atoms with van der Waals surface area (Å²) in [5, 5.41) is 0. The second-order valence-corrected chi connectivity index (χ2v) is 5.36. The molecule has 1 fully saturated rings. The van der Waals surface area contributed by atoms with E-state index in [4.69, 9.17) is 5.73 Å². The van der Waals surface area contributed by atoms with Crippen LogP contribution in [0, 0.1) is 13.8 Å². The second kappa shape index (κ2) is 5.63. The maximum atomic E-state index is 12.2. The number of benzene rings is 1. The average Bonchev–Trinajstić information content (AvgIpc) is 2.32. The molecule has 0 aliphatic carbocycles. The first-order chi connectivity index (χ1) is 8.56. The maximum Gasteiger partial charge on any atom is 0.176 e. The van der Waals surface area contributed by atoms with Gasteiger partial charge in [-0.05, 0) is 50.4 Å². The van der Waals surface area contributed by atoms with E-state index in [0.29, 0.717) is 6.54 Å². The van der Waals surface area contributed by atoms with E-state index >= 15 is 0 Å². The molecule has 0 spiro atoms. The van der Waals surface area contributed by atoms with Crippen molar-refractivity contribution in [3.63, 3.8) is 0 Å². The fourth-order valence-corrected chi connectivity index (χ4v) is 2.44. The Morgan fingerprint density at radius 1 is 1.39 bits per heavy atom. The summed E-state index contributed by atoms with van der Waals surface area (Å²) in [6, 6.07) is 6.16. The van der Waals surface area contributed by atoms with Crippen LogP contribution in [0.4, 0.5) is 0 Å². The van der Waals surface area contributed by atoms with Crippen molar-refractivity contribution < 1.29 is 4.79 Å². The fraction of sp³-hybridized carbons (Fsp3) is 0.533. The number of carbonyl (C=O) groups excluding carboxylic acids is 1. The smallest absolute Gasteiger partial charge is 0.176 e. The van der Waals surface area contributed by atoms with Crippen LogP contribution in [0.15, 0.2) is 18.2 Å². The number of carbonyl (C=O) groups is 1. The van der Waals surface area contributed by atoms with Crippen LogP contribution in [0.25, 0.3) is 0 Å². The summed E-state index contributed by atoms with van der Waals surface area (Å²) < 4.78 is 0. The lowest BCUT2D eigenvalue weighted by atomic mass is 10.0. The van der Waals surface area contributed by atoms with Gasteiger partial charge in [0.1, 0.15) is 0 Å². The van der Waals surface area contributed by atoms with E-state index in [1.54, 1.807) is 0 Å². The van der Waals surface area contributed by atoms with E-state index in [0.717, 1.165) is 31.5 Å². The van der Waals surface area contributed by atoms with E-state index in [1.165, 1.54) is 11.1 Å². The molecule has 3 heteroatoms. The minimum absolute atomic E-state index is 0.201. The summed E-state index contributed by atoms with van der Waals surface area (Å²) in [4.78, 5) is 14.4. The van der Waals surface area contributed by atoms with Crippen LogP contribution >= 0.6 is 0 Å². The number of hydrogen-bond acceptors (Lipinski definition) is 3. The summed E-state index contributed by atoms with van der Waals surface area (Å²) in [6.07, 6.45) is 2.18. The molecule has 1 unspecified atom stereocenters. The molecule has 0 aromatic heterocycles. The second-order valence-electron chi connectivity index (χ2n) is 5.36. The van der Waals surface area contributed by atoms with E-state index in [-0.39, 0.29) is 11.8 Å². The normalized spacial score (nSPS) is 20.9. The number of rotatable bonds is 3. The van der Waals surface area contributed by atoms with Crippen molar-refractivity contribution in [2.45, 2.75) is 32.7 Å². The van der Waals surface area contributed by atoms with Crippen molar-refractivity contribution in [3.8, 4) is 0 Å². The third-order valence-corrected chi connectivity index (χ3v) is 3.74. The van der Waals surface area contributed by atoms with E-state index in [1.807, 2.05) is 25.1 Å². The molecule has 2 N–H and O–H groups in total. The van der Waals surface area contributed by atoms with Gasteiger partial charge in [0.15, 0.2) is 5.78 Å². The van der Waals surface area contributed by atoms with Crippen LogP contribution in [0.3, 0.4) is 0 Å². The van der Waals surface area contributed by atoms with E-state index in [9.17, 15) is 4.79 Å². The molecule has 1 aromatic rings. The number of piperidine rings is 1. The van der Waals surface area contributed by atoms with Gasteiger partial charge in [-0.25, -0.2) is 0 Å². The van der Waals surface area contributed by atoms with Crippen molar-refractivity contribution in [1.82, 2.24) is 4.90 Å². The van der Waals surface area contributed by atoms with Gasteiger partial charge in [-0.1, -0.05) is 12.1 Å². The van der Waals surface area contributed by atoms with Crippen LogP contribution in [-0.4, -0.2) is 36.4 Å². The Bertz CT molecular complexity index is 442. The van der Waals surface area contributed by atoms with Crippen LogP contribution in [0.1, 0.15) is 34.3 Å². The quantitative estimate of drug-likeness (QED) is 0.829. The molecule has 1 saturated heterocycles. The summed E-state index contributed by atoms with van der Waals surface area (Å²) in [5.74, 6) is 0.201. The van der Waals surface area contributed by atoms with Gasteiger partial charge in [-0.15, -0.1) is 0 Å². The van der Waals surface area contributed by atoms with Crippen molar-refractivity contribution in [3.05, 3.63) is 34.9 Å². The van der Waals surface area contributed by atoms with E-state index < -0.39 is 0 Å². The summed E-state index contributed by atoms with van der Waals surface area (Å²) in [6.45, 7) is 6.44. The molecule has 18 heavy (non-hydrogen) atoms. The van der Waals surface area contributed by atoms with Crippen LogP contribution in [0.5, 0.6) is 0 Å². The predicted octanol–water partition coefficient (Wildman–Crippen LogP) is 1.91. The summed E-state index contributed by atoms with van der Waals surface area (Å²) >= 11 is 0. The zero-order valence-electron chi connectivity index (χ0n) is 11.3. The minimum Gasteiger partial charge on any atom is -0.327 e. The topological polar surface area (TPSA) is 46.3 Å². The van der Waals surface area contributed by atoms with Gasteiger partial charge >= 0.3 is 0 Å². The third kappa shape index (κ3) is 3.18. The molecular formula is C15H22N2O. The molecule has 1 aromatic carbocycles. The van der Waals surface area contributed by atoms with Crippen LogP contribution in [-0.2, 0) is 0 Å². The highest BCUT2D eigenvalue weighted by molar-refractivity contribution is 5.97. The Kier molecular flexibility index (Phi) is 4.15. The molecule has 1 atom stereocenters. The first kappa shape index (κ1) is 13.2. The highest BCUT2D eigenvalue weighted by Gasteiger charge is 2.19. The number of likely N-dealkylation sites (tertiary alicyclic amines) is 1. The van der Waals surface area contributed by atoms with Gasteiger partial charge < -0.3 is 5.73 Å². The first-order valence-electron chi connectivity index (χ1n) is 6.64. The lowest BCUT2D eigenvalue weighted by Gasteiger charge is -2.30. The number of nitrogens with zero attached hydrogens (tertiary/aromatic N) is 1.